The maximum Gasteiger partial charge on any atom is 0.258 e. The molecule has 5 heterocycles. The van der Waals surface area contributed by atoms with Crippen LogP contribution in [0.25, 0.3) is 22.6 Å². The Morgan fingerprint density at radius 3 is 2.60 bits per heavy atom. The van der Waals surface area contributed by atoms with E-state index in [2.05, 4.69) is 21.8 Å². The molecule has 154 valence electrons. The van der Waals surface area contributed by atoms with Crippen LogP contribution < -0.4 is 10.5 Å². The second-order valence-corrected chi connectivity index (χ2v) is 7.91. The first-order valence-corrected chi connectivity index (χ1v) is 10.1. The highest BCUT2D eigenvalue weighted by molar-refractivity contribution is 5.66. The Morgan fingerprint density at radius 1 is 1.03 bits per heavy atom. The van der Waals surface area contributed by atoms with Gasteiger partial charge in [0.25, 0.3) is 5.56 Å². The molecule has 1 N–H and O–H groups in total. The van der Waals surface area contributed by atoms with E-state index in [0.29, 0.717) is 22.6 Å². The molecule has 30 heavy (non-hydrogen) atoms. The minimum Gasteiger partial charge on any atom is -0.392 e. The molecule has 0 unspecified atom stereocenters. The molecule has 0 amide bonds. The number of nitrogens with zero attached hydrogens (tertiary/aromatic N) is 6. The van der Waals surface area contributed by atoms with Crippen LogP contribution in [0, 0.1) is 6.92 Å². The molecule has 4 aromatic rings. The second-order valence-electron chi connectivity index (χ2n) is 7.91. The molecule has 0 aliphatic carbocycles. The van der Waals surface area contributed by atoms with Crippen molar-refractivity contribution in [2.45, 2.75) is 13.5 Å². The van der Waals surface area contributed by atoms with Gasteiger partial charge in [-0.3, -0.25) is 9.20 Å². The number of likely N-dealkylation sites (N-methyl/N-ethyl adjacent to an activating group) is 1. The van der Waals surface area contributed by atoms with Crippen LogP contribution in [0.1, 0.15) is 11.3 Å². The highest BCUT2D eigenvalue weighted by Crippen LogP contribution is 2.23. The smallest absolute Gasteiger partial charge is 0.258 e. The van der Waals surface area contributed by atoms with E-state index in [1.54, 1.807) is 10.5 Å². The molecule has 0 bridgehead atoms. The van der Waals surface area contributed by atoms with Crippen molar-refractivity contribution in [3.63, 3.8) is 0 Å². The third-order valence-electron chi connectivity index (χ3n) is 5.73. The van der Waals surface area contributed by atoms with Crippen LogP contribution >= 0.6 is 0 Å². The number of fused-ring (bicyclic) bond motifs is 2. The van der Waals surface area contributed by atoms with Crippen LogP contribution in [0.15, 0.2) is 47.7 Å². The highest BCUT2D eigenvalue weighted by atomic mass is 16.3. The van der Waals surface area contributed by atoms with Gasteiger partial charge in [-0.1, -0.05) is 0 Å². The highest BCUT2D eigenvalue weighted by Gasteiger charge is 2.16. The van der Waals surface area contributed by atoms with Gasteiger partial charge in [0.2, 0.25) is 0 Å². The molecule has 0 spiro atoms. The fourth-order valence-corrected chi connectivity index (χ4v) is 4.04. The lowest BCUT2D eigenvalue weighted by molar-refractivity contribution is 0.282. The normalized spacial score (nSPS) is 15.4. The zero-order valence-corrected chi connectivity index (χ0v) is 17.1. The third kappa shape index (κ3) is 3.24. The van der Waals surface area contributed by atoms with Crippen molar-refractivity contribution >= 4 is 17.0 Å². The molecule has 8 nitrogen and oxygen atoms in total. The van der Waals surface area contributed by atoms with Gasteiger partial charge in [-0.05, 0) is 32.2 Å². The van der Waals surface area contributed by atoms with Crippen LogP contribution in [0.3, 0.4) is 0 Å². The molecule has 5 rings (SSSR count). The molecule has 1 saturated heterocycles. The molecule has 0 radical (unpaired) electrons. The molecule has 0 saturated carbocycles. The van der Waals surface area contributed by atoms with E-state index < -0.39 is 0 Å². The Morgan fingerprint density at radius 2 is 1.83 bits per heavy atom. The summed E-state index contributed by atoms with van der Waals surface area (Å²) in [5, 5.41) is 9.77. The monoisotopic (exact) mass is 404 g/mol. The summed E-state index contributed by atoms with van der Waals surface area (Å²) in [6.07, 6.45) is 5.67. The number of hydrogen-bond donors (Lipinski definition) is 1. The van der Waals surface area contributed by atoms with Gasteiger partial charge in [-0.25, -0.2) is 9.97 Å². The first-order chi connectivity index (χ1) is 14.5. The zero-order chi connectivity index (χ0) is 20.8. The van der Waals surface area contributed by atoms with Gasteiger partial charge < -0.3 is 19.3 Å². The van der Waals surface area contributed by atoms with E-state index in [9.17, 15) is 9.90 Å². The zero-order valence-electron chi connectivity index (χ0n) is 17.1. The van der Waals surface area contributed by atoms with Crippen molar-refractivity contribution < 1.29 is 5.11 Å². The van der Waals surface area contributed by atoms with Crippen LogP contribution in [0.4, 0.5) is 5.69 Å². The quantitative estimate of drug-likeness (QED) is 0.558. The fourth-order valence-electron chi connectivity index (χ4n) is 4.04. The predicted molar refractivity (Wildman–Crippen MR) is 116 cm³/mol. The van der Waals surface area contributed by atoms with E-state index in [4.69, 9.17) is 4.98 Å². The molecule has 4 aromatic heterocycles. The first-order valence-electron chi connectivity index (χ1n) is 10.1. The van der Waals surface area contributed by atoms with Crippen LogP contribution in [-0.4, -0.2) is 62.0 Å². The molecule has 1 aliphatic rings. The molecule has 8 heteroatoms. The maximum absolute atomic E-state index is 12.9. The van der Waals surface area contributed by atoms with Gasteiger partial charge in [0.15, 0.2) is 0 Å². The van der Waals surface area contributed by atoms with Gasteiger partial charge in [0.05, 0.1) is 23.7 Å². The summed E-state index contributed by atoms with van der Waals surface area (Å²) >= 11 is 0. The lowest BCUT2D eigenvalue weighted by Gasteiger charge is -2.34. The average molecular weight is 404 g/mol. The fraction of sp³-hybridized carbons (Fsp3) is 0.318. The molecule has 1 aliphatic heterocycles. The van der Waals surface area contributed by atoms with Crippen molar-refractivity contribution in [2.24, 2.45) is 0 Å². The summed E-state index contributed by atoms with van der Waals surface area (Å²) in [6.45, 7) is 5.68. The van der Waals surface area contributed by atoms with Crippen molar-refractivity contribution in [1.82, 2.24) is 23.7 Å². The van der Waals surface area contributed by atoms with Crippen molar-refractivity contribution in [3.05, 3.63) is 64.5 Å². The lowest BCUT2D eigenvalue weighted by Crippen LogP contribution is -2.44. The summed E-state index contributed by atoms with van der Waals surface area (Å²) in [4.78, 5) is 26.7. The molecule has 0 atom stereocenters. The number of piperazine rings is 1. The van der Waals surface area contributed by atoms with E-state index >= 15 is 0 Å². The third-order valence-corrected chi connectivity index (χ3v) is 5.73. The summed E-state index contributed by atoms with van der Waals surface area (Å²) in [5.41, 5.74) is 5.14. The minimum absolute atomic E-state index is 0.126. The van der Waals surface area contributed by atoms with Crippen molar-refractivity contribution in [1.29, 1.82) is 0 Å². The maximum atomic E-state index is 12.9. The van der Waals surface area contributed by atoms with E-state index in [1.807, 2.05) is 48.1 Å². The second kappa shape index (κ2) is 7.23. The number of anilines is 1. The minimum atomic E-state index is -0.130. The van der Waals surface area contributed by atoms with E-state index in [0.717, 1.165) is 43.1 Å². The topological polar surface area (TPSA) is 78.4 Å². The largest absolute Gasteiger partial charge is 0.392 e. The molecule has 0 aromatic carbocycles. The summed E-state index contributed by atoms with van der Waals surface area (Å²) in [5.74, 6) is 0. The Balaban J connectivity index is 1.57. The number of aryl methyl sites for hydroxylation is 1. The molecular weight excluding hydrogens is 380 g/mol. The van der Waals surface area contributed by atoms with Gasteiger partial charge >= 0.3 is 0 Å². The standard InChI is InChI=1S/C22H24N6O2/c1-15-11-27-12-16(9-17(14-29)22(27)23-15)19-10-21(30)28-13-18(3-4-20(28)24-19)26-7-5-25(2)6-8-26/h3-4,9-13,29H,5-8,14H2,1-2H3. The summed E-state index contributed by atoms with van der Waals surface area (Å²) < 4.78 is 3.47. The number of aliphatic hydroxyl groups excluding tert-OH is 1. The van der Waals surface area contributed by atoms with Gasteiger partial charge in [0, 0.05) is 62.0 Å². The SMILES string of the molecule is Cc1cn2cc(-c3cc(=O)n4cc(N5CCN(C)CC5)ccc4n3)cc(CO)c2n1. The van der Waals surface area contributed by atoms with Crippen LogP contribution in [-0.2, 0) is 6.61 Å². The van der Waals surface area contributed by atoms with Gasteiger partial charge in [-0.15, -0.1) is 0 Å². The number of aromatic nitrogens is 4. The van der Waals surface area contributed by atoms with E-state index in [1.165, 1.54) is 0 Å². The molecular formula is C22H24N6O2. The van der Waals surface area contributed by atoms with Crippen LogP contribution in [0.2, 0.25) is 0 Å². The van der Waals surface area contributed by atoms with Gasteiger partial charge in [0.1, 0.15) is 11.3 Å². The first kappa shape index (κ1) is 18.8. The number of pyridine rings is 2. The Labute approximate surface area is 173 Å². The van der Waals surface area contributed by atoms with Crippen LogP contribution in [0.5, 0.6) is 0 Å². The number of rotatable bonds is 3. The van der Waals surface area contributed by atoms with Crippen molar-refractivity contribution in [2.75, 3.05) is 38.1 Å². The molecule has 1 fully saturated rings. The summed E-state index contributed by atoms with van der Waals surface area (Å²) in [6, 6.07) is 7.31. The number of imidazole rings is 1. The average Bonchev–Trinajstić information content (AvgIpc) is 3.13. The van der Waals surface area contributed by atoms with Gasteiger partial charge in [-0.2, -0.15) is 0 Å². The summed E-state index contributed by atoms with van der Waals surface area (Å²) in [7, 11) is 2.12. The number of aliphatic hydroxyl groups is 1. The van der Waals surface area contributed by atoms with E-state index in [-0.39, 0.29) is 12.2 Å². The Bertz CT molecular complexity index is 1300. The predicted octanol–water partition coefficient (Wildman–Crippen LogP) is 1.56. The lowest BCUT2D eigenvalue weighted by atomic mass is 10.1. The Kier molecular flexibility index (Phi) is 4.52. The van der Waals surface area contributed by atoms with Crippen molar-refractivity contribution in [3.8, 4) is 11.3 Å². The number of hydrogen-bond acceptors (Lipinski definition) is 6. The Hall–Kier alpha value is -3.23.